The topological polar surface area (TPSA) is 43.1 Å². The Hall–Kier alpha value is -1.71. The van der Waals surface area contributed by atoms with E-state index in [1.54, 1.807) is 18.2 Å². The van der Waals surface area contributed by atoms with Crippen LogP contribution in [0.3, 0.4) is 0 Å². The number of benzene rings is 1. The number of allylic oxidation sites excluding steroid dienone is 1. The first-order valence-electron chi connectivity index (χ1n) is 3.73. The van der Waals surface area contributed by atoms with Gasteiger partial charge in [0.05, 0.1) is 11.3 Å². The van der Waals surface area contributed by atoms with Gasteiger partial charge in [0, 0.05) is 11.6 Å². The summed E-state index contributed by atoms with van der Waals surface area (Å²) in [7, 11) is 0. The second-order valence-electron chi connectivity index (χ2n) is 2.45. The highest BCUT2D eigenvalue weighted by Crippen LogP contribution is 2.18. The van der Waals surface area contributed by atoms with E-state index < -0.39 is 4.92 Å². The number of para-hydroxylation sites is 1. The van der Waals surface area contributed by atoms with E-state index in [9.17, 15) is 14.5 Å². The molecule has 4 heteroatoms. The van der Waals surface area contributed by atoms with Gasteiger partial charge < -0.3 is 0 Å². The van der Waals surface area contributed by atoms with Gasteiger partial charge in [-0.3, -0.25) is 10.1 Å². The fourth-order valence-electron chi connectivity index (χ4n) is 1.03. The number of nitro groups is 1. The van der Waals surface area contributed by atoms with Gasteiger partial charge in [0.15, 0.2) is 0 Å². The van der Waals surface area contributed by atoms with Crippen LogP contribution in [0.5, 0.6) is 0 Å². The summed E-state index contributed by atoms with van der Waals surface area (Å²) in [6.45, 7) is 0. The lowest BCUT2D eigenvalue weighted by Gasteiger charge is -1.97. The molecule has 68 valence electrons. The third-order valence-electron chi connectivity index (χ3n) is 1.62. The first-order chi connectivity index (χ1) is 6.25. The standard InChI is InChI=1S/C9H8FNO2/c10-7-3-5-8-4-1-2-6-9(8)11(12)13/h1-4,6-7H,5H2. The van der Waals surface area contributed by atoms with Crippen LogP contribution in [0.15, 0.2) is 36.7 Å². The Bertz CT molecular complexity index is 336. The van der Waals surface area contributed by atoms with Gasteiger partial charge in [0.2, 0.25) is 0 Å². The van der Waals surface area contributed by atoms with Crippen molar-refractivity contribution < 1.29 is 9.31 Å². The number of rotatable bonds is 3. The number of nitrogens with zero attached hydrogens (tertiary/aromatic N) is 1. The van der Waals surface area contributed by atoms with Crippen molar-refractivity contribution in [2.24, 2.45) is 0 Å². The molecular weight excluding hydrogens is 173 g/mol. The van der Waals surface area contributed by atoms with Crippen molar-refractivity contribution in [1.29, 1.82) is 0 Å². The smallest absolute Gasteiger partial charge is 0.258 e. The van der Waals surface area contributed by atoms with Crippen LogP contribution in [0.25, 0.3) is 0 Å². The summed E-state index contributed by atoms with van der Waals surface area (Å²) < 4.78 is 11.7. The van der Waals surface area contributed by atoms with Gasteiger partial charge in [0.25, 0.3) is 5.69 Å². The monoisotopic (exact) mass is 181 g/mol. The van der Waals surface area contributed by atoms with Crippen molar-refractivity contribution >= 4 is 5.69 Å². The van der Waals surface area contributed by atoms with Crippen molar-refractivity contribution in [2.75, 3.05) is 0 Å². The van der Waals surface area contributed by atoms with E-state index in [4.69, 9.17) is 0 Å². The summed E-state index contributed by atoms with van der Waals surface area (Å²) in [6, 6.07) is 6.29. The Morgan fingerprint density at radius 1 is 1.46 bits per heavy atom. The van der Waals surface area contributed by atoms with Crippen LogP contribution in [0.1, 0.15) is 5.56 Å². The minimum Gasteiger partial charge on any atom is -0.258 e. The van der Waals surface area contributed by atoms with Gasteiger partial charge >= 0.3 is 0 Å². The molecule has 13 heavy (non-hydrogen) atoms. The van der Waals surface area contributed by atoms with Crippen molar-refractivity contribution in [3.8, 4) is 0 Å². The summed E-state index contributed by atoms with van der Waals surface area (Å²) in [4.78, 5) is 10.0. The Morgan fingerprint density at radius 2 is 2.15 bits per heavy atom. The van der Waals surface area contributed by atoms with Crippen molar-refractivity contribution in [3.05, 3.63) is 52.3 Å². The Morgan fingerprint density at radius 3 is 2.77 bits per heavy atom. The van der Waals surface area contributed by atoms with Crippen LogP contribution in [0.2, 0.25) is 0 Å². The fourth-order valence-corrected chi connectivity index (χ4v) is 1.03. The van der Waals surface area contributed by atoms with Crippen LogP contribution < -0.4 is 0 Å². The van der Waals surface area contributed by atoms with E-state index >= 15 is 0 Å². The Balaban J connectivity index is 2.97. The highest BCUT2D eigenvalue weighted by atomic mass is 19.1. The van der Waals surface area contributed by atoms with Crippen LogP contribution in [-0.4, -0.2) is 4.92 Å². The second-order valence-corrected chi connectivity index (χ2v) is 2.45. The van der Waals surface area contributed by atoms with Crippen molar-refractivity contribution in [3.63, 3.8) is 0 Å². The number of nitro benzene ring substituents is 1. The maximum absolute atomic E-state index is 11.7. The zero-order valence-electron chi connectivity index (χ0n) is 6.81. The maximum atomic E-state index is 11.7. The molecule has 0 amide bonds. The summed E-state index contributed by atoms with van der Waals surface area (Å²) in [5.41, 5.74) is 0.544. The van der Waals surface area contributed by atoms with E-state index in [1.165, 1.54) is 12.1 Å². The molecule has 1 aromatic carbocycles. The van der Waals surface area contributed by atoms with E-state index in [0.29, 0.717) is 11.9 Å². The second kappa shape index (κ2) is 4.35. The third-order valence-corrected chi connectivity index (χ3v) is 1.62. The first kappa shape index (κ1) is 9.38. The van der Waals surface area contributed by atoms with Gasteiger partial charge in [-0.05, 0) is 6.42 Å². The molecule has 0 bridgehead atoms. The number of hydrogen-bond donors (Lipinski definition) is 0. The summed E-state index contributed by atoms with van der Waals surface area (Å²) in [6.07, 6.45) is 1.87. The molecule has 0 radical (unpaired) electrons. The average molecular weight is 181 g/mol. The molecule has 1 rings (SSSR count). The quantitative estimate of drug-likeness (QED) is 0.531. The minimum absolute atomic E-state index is 0.0283. The van der Waals surface area contributed by atoms with E-state index in [-0.39, 0.29) is 12.1 Å². The molecule has 0 fully saturated rings. The molecule has 0 aliphatic carbocycles. The molecule has 1 aromatic rings. The van der Waals surface area contributed by atoms with Crippen LogP contribution >= 0.6 is 0 Å². The maximum Gasteiger partial charge on any atom is 0.272 e. The predicted octanol–water partition coefficient (Wildman–Crippen LogP) is 2.62. The molecule has 0 spiro atoms. The SMILES string of the molecule is O=[N+]([O-])c1ccccc1CC=CF. The molecule has 3 nitrogen and oxygen atoms in total. The molecule has 0 unspecified atom stereocenters. The molecule has 0 atom stereocenters. The largest absolute Gasteiger partial charge is 0.272 e. The average Bonchev–Trinajstić information content (AvgIpc) is 2.15. The van der Waals surface area contributed by atoms with Gasteiger partial charge in [-0.25, -0.2) is 4.39 Å². The molecular formula is C9H8FNO2. The minimum atomic E-state index is -0.471. The van der Waals surface area contributed by atoms with Crippen molar-refractivity contribution in [2.45, 2.75) is 6.42 Å². The lowest BCUT2D eigenvalue weighted by atomic mass is 10.1. The summed E-state index contributed by atoms with van der Waals surface area (Å²) in [5.74, 6) is 0. The normalized spacial score (nSPS) is 10.5. The molecule has 0 aromatic heterocycles. The van der Waals surface area contributed by atoms with Gasteiger partial charge in [-0.1, -0.05) is 24.3 Å². The fraction of sp³-hybridized carbons (Fsp3) is 0.111. The van der Waals surface area contributed by atoms with Gasteiger partial charge in [-0.15, -0.1) is 0 Å². The highest BCUT2D eigenvalue weighted by Gasteiger charge is 2.09. The molecule has 0 saturated carbocycles. The van der Waals surface area contributed by atoms with Crippen molar-refractivity contribution in [1.82, 2.24) is 0 Å². The number of halogens is 1. The van der Waals surface area contributed by atoms with Crippen LogP contribution in [0, 0.1) is 10.1 Å². The lowest BCUT2D eigenvalue weighted by molar-refractivity contribution is -0.385. The summed E-state index contributed by atoms with van der Waals surface area (Å²) >= 11 is 0. The van der Waals surface area contributed by atoms with E-state index in [2.05, 4.69) is 0 Å². The van der Waals surface area contributed by atoms with E-state index in [0.717, 1.165) is 0 Å². The molecule has 0 aliphatic rings. The van der Waals surface area contributed by atoms with Crippen LogP contribution in [0.4, 0.5) is 10.1 Å². The van der Waals surface area contributed by atoms with Crippen LogP contribution in [-0.2, 0) is 6.42 Å². The lowest BCUT2D eigenvalue weighted by Crippen LogP contribution is -1.93. The number of hydrogen-bond acceptors (Lipinski definition) is 2. The van der Waals surface area contributed by atoms with E-state index in [1.807, 2.05) is 0 Å². The zero-order valence-corrected chi connectivity index (χ0v) is 6.81. The molecule has 0 N–H and O–H groups in total. The molecule has 0 heterocycles. The zero-order chi connectivity index (χ0) is 9.68. The Labute approximate surface area is 74.7 Å². The first-order valence-corrected chi connectivity index (χ1v) is 3.73. The molecule has 0 saturated heterocycles. The molecule has 0 aliphatic heterocycles. The van der Waals surface area contributed by atoms with Gasteiger partial charge in [-0.2, -0.15) is 0 Å². The highest BCUT2D eigenvalue weighted by molar-refractivity contribution is 5.40. The third kappa shape index (κ3) is 2.37. The predicted molar refractivity (Wildman–Crippen MR) is 47.0 cm³/mol. The Kier molecular flexibility index (Phi) is 3.14. The summed E-state index contributed by atoms with van der Waals surface area (Å²) in [5, 5.41) is 10.5. The van der Waals surface area contributed by atoms with Gasteiger partial charge in [0.1, 0.15) is 0 Å².